The van der Waals surface area contributed by atoms with Crippen LogP contribution in [0.25, 0.3) is 0 Å². The number of rotatable bonds is 2. The van der Waals surface area contributed by atoms with Crippen LogP contribution in [0, 0.1) is 0 Å². The van der Waals surface area contributed by atoms with E-state index in [0.717, 1.165) is 0 Å². The van der Waals surface area contributed by atoms with Crippen LogP contribution in [-0.4, -0.2) is 51.5 Å². The standard InChI is InChI=1S/C12H13N3O4S/c13-7-10(17)15-8(12(18)19)6(4-20-11(7)15)3-5-1-2-14-9(5)16/h3,7,11H,1-2,4,13H2,(H,14,16)(H,18,19)/t7-,11-/m1/s1. The Bertz CT molecular complexity index is 583. The normalized spacial score (nSPS) is 31.2. The lowest BCUT2D eigenvalue weighted by Gasteiger charge is -2.47. The summed E-state index contributed by atoms with van der Waals surface area (Å²) in [6.45, 7) is 0.559. The number of carboxylic acids is 1. The highest BCUT2D eigenvalue weighted by Gasteiger charge is 2.51. The Hall–Kier alpha value is -1.80. The molecule has 8 heteroatoms. The van der Waals surface area contributed by atoms with Gasteiger partial charge in [-0.05, 0) is 18.1 Å². The zero-order chi connectivity index (χ0) is 14.4. The van der Waals surface area contributed by atoms with Crippen molar-refractivity contribution in [1.29, 1.82) is 0 Å². The third kappa shape index (κ3) is 1.83. The fraction of sp³-hybridized carbons (Fsp3) is 0.417. The highest BCUT2D eigenvalue weighted by Crippen LogP contribution is 2.40. The maximum absolute atomic E-state index is 11.7. The molecule has 20 heavy (non-hydrogen) atoms. The van der Waals surface area contributed by atoms with Gasteiger partial charge < -0.3 is 16.2 Å². The van der Waals surface area contributed by atoms with Crippen molar-refractivity contribution in [2.24, 2.45) is 5.73 Å². The average molecular weight is 295 g/mol. The summed E-state index contributed by atoms with van der Waals surface area (Å²) in [6.07, 6.45) is 2.16. The first kappa shape index (κ1) is 13.2. The SMILES string of the molecule is N[C@@H]1C(=O)N2C(C(=O)O)=C(C=C3CCNC3=O)CS[C@H]12. The predicted molar refractivity (Wildman–Crippen MR) is 71.4 cm³/mol. The van der Waals surface area contributed by atoms with Crippen LogP contribution in [0.4, 0.5) is 0 Å². The maximum atomic E-state index is 11.7. The lowest BCUT2D eigenvalue weighted by Crippen LogP contribution is -2.68. The molecule has 0 aliphatic carbocycles. The second-order valence-electron chi connectivity index (χ2n) is 4.79. The van der Waals surface area contributed by atoms with Gasteiger partial charge in [0.1, 0.15) is 17.1 Å². The molecule has 0 radical (unpaired) electrons. The Morgan fingerprint density at radius 1 is 1.50 bits per heavy atom. The summed E-state index contributed by atoms with van der Waals surface area (Å²) in [4.78, 5) is 35.9. The van der Waals surface area contributed by atoms with Crippen LogP contribution in [0.15, 0.2) is 22.9 Å². The third-order valence-electron chi connectivity index (χ3n) is 3.56. The van der Waals surface area contributed by atoms with Gasteiger partial charge in [0, 0.05) is 17.9 Å². The number of hydrogen-bond donors (Lipinski definition) is 3. The zero-order valence-corrected chi connectivity index (χ0v) is 11.3. The van der Waals surface area contributed by atoms with Gasteiger partial charge in [-0.2, -0.15) is 0 Å². The number of carboxylic acid groups (broad SMARTS) is 1. The van der Waals surface area contributed by atoms with Gasteiger partial charge in [-0.3, -0.25) is 14.5 Å². The fourth-order valence-corrected chi connectivity index (χ4v) is 3.79. The highest BCUT2D eigenvalue weighted by molar-refractivity contribution is 8.00. The van der Waals surface area contributed by atoms with Gasteiger partial charge in [0.2, 0.25) is 11.8 Å². The number of β-lactam (4-membered cyclic amide) rings is 1. The number of amides is 2. The van der Waals surface area contributed by atoms with Gasteiger partial charge in [-0.1, -0.05) is 0 Å². The molecule has 3 aliphatic rings. The fourth-order valence-electron chi connectivity index (χ4n) is 2.54. The van der Waals surface area contributed by atoms with Gasteiger partial charge in [-0.15, -0.1) is 11.8 Å². The molecule has 0 unspecified atom stereocenters. The molecular weight excluding hydrogens is 282 g/mol. The molecule has 0 spiro atoms. The van der Waals surface area contributed by atoms with Crippen molar-refractivity contribution in [2.75, 3.05) is 12.3 Å². The van der Waals surface area contributed by atoms with Crippen LogP contribution in [0.5, 0.6) is 0 Å². The van der Waals surface area contributed by atoms with E-state index in [4.69, 9.17) is 5.73 Å². The molecule has 7 nitrogen and oxygen atoms in total. The Kier molecular flexibility index (Phi) is 3.06. The van der Waals surface area contributed by atoms with Crippen LogP contribution in [-0.2, 0) is 14.4 Å². The van der Waals surface area contributed by atoms with Crippen molar-refractivity contribution in [3.05, 3.63) is 22.9 Å². The second kappa shape index (κ2) is 4.64. The summed E-state index contributed by atoms with van der Waals surface area (Å²) in [6, 6.07) is -0.640. The van der Waals surface area contributed by atoms with E-state index >= 15 is 0 Å². The van der Waals surface area contributed by atoms with E-state index in [2.05, 4.69) is 5.32 Å². The molecule has 0 saturated carbocycles. The molecule has 0 aromatic carbocycles. The largest absolute Gasteiger partial charge is 0.477 e. The Morgan fingerprint density at radius 2 is 2.25 bits per heavy atom. The summed E-state index contributed by atoms with van der Waals surface area (Å²) in [7, 11) is 0. The first-order valence-electron chi connectivity index (χ1n) is 6.16. The predicted octanol–water partition coefficient (Wildman–Crippen LogP) is -0.986. The number of thioether (sulfide) groups is 1. The van der Waals surface area contributed by atoms with Crippen LogP contribution in [0.2, 0.25) is 0 Å². The van der Waals surface area contributed by atoms with Crippen molar-refractivity contribution in [3.8, 4) is 0 Å². The van der Waals surface area contributed by atoms with E-state index in [1.54, 1.807) is 6.08 Å². The Labute approximate surface area is 118 Å². The third-order valence-corrected chi connectivity index (χ3v) is 4.88. The number of hydrogen-bond acceptors (Lipinski definition) is 5. The number of carbonyl (C=O) groups is 3. The van der Waals surface area contributed by atoms with Gasteiger partial charge in [-0.25, -0.2) is 4.79 Å². The molecule has 106 valence electrons. The summed E-state index contributed by atoms with van der Waals surface area (Å²) in [5.74, 6) is -1.30. The van der Waals surface area contributed by atoms with E-state index in [0.29, 0.717) is 29.9 Å². The molecule has 3 rings (SSSR count). The monoisotopic (exact) mass is 295 g/mol. The van der Waals surface area contributed by atoms with Gasteiger partial charge in [0.05, 0.1) is 0 Å². The van der Waals surface area contributed by atoms with Crippen molar-refractivity contribution < 1.29 is 19.5 Å². The van der Waals surface area contributed by atoms with Crippen molar-refractivity contribution in [3.63, 3.8) is 0 Å². The summed E-state index contributed by atoms with van der Waals surface area (Å²) in [5.41, 5.74) is 6.66. The quantitative estimate of drug-likeness (QED) is 0.445. The minimum Gasteiger partial charge on any atom is -0.477 e. The molecular formula is C12H13N3O4S. The van der Waals surface area contributed by atoms with Crippen molar-refractivity contribution in [1.82, 2.24) is 10.2 Å². The molecule has 0 aromatic heterocycles. The lowest BCUT2D eigenvalue weighted by molar-refractivity contribution is -0.147. The van der Waals surface area contributed by atoms with Crippen LogP contribution in [0.1, 0.15) is 6.42 Å². The molecule has 2 amide bonds. The molecule has 3 aliphatic heterocycles. The molecule has 2 fully saturated rings. The van der Waals surface area contributed by atoms with Crippen molar-refractivity contribution in [2.45, 2.75) is 17.8 Å². The molecule has 4 N–H and O–H groups in total. The van der Waals surface area contributed by atoms with E-state index in [-0.39, 0.29) is 22.9 Å². The number of allylic oxidation sites excluding steroid dienone is 1. The van der Waals surface area contributed by atoms with Crippen molar-refractivity contribution >= 4 is 29.5 Å². The van der Waals surface area contributed by atoms with Gasteiger partial charge in [0.15, 0.2) is 0 Å². The Balaban J connectivity index is 2.00. The lowest BCUT2D eigenvalue weighted by atomic mass is 10.0. The number of carbonyl (C=O) groups excluding carboxylic acids is 2. The van der Waals surface area contributed by atoms with E-state index in [1.807, 2.05) is 0 Å². The zero-order valence-electron chi connectivity index (χ0n) is 10.5. The van der Waals surface area contributed by atoms with E-state index in [9.17, 15) is 19.5 Å². The molecule has 2 atom stereocenters. The number of aliphatic carboxylic acids is 1. The maximum Gasteiger partial charge on any atom is 0.352 e. The van der Waals surface area contributed by atoms with Gasteiger partial charge in [0.25, 0.3) is 0 Å². The number of fused-ring (bicyclic) bond motifs is 1. The van der Waals surface area contributed by atoms with Crippen LogP contribution >= 0.6 is 11.8 Å². The number of nitrogens with zero attached hydrogens (tertiary/aromatic N) is 1. The summed E-state index contributed by atoms with van der Waals surface area (Å²) < 4.78 is 0. The topological polar surface area (TPSA) is 113 Å². The summed E-state index contributed by atoms with van der Waals surface area (Å²) >= 11 is 1.42. The van der Waals surface area contributed by atoms with E-state index < -0.39 is 12.0 Å². The molecule has 0 aromatic rings. The molecule has 2 saturated heterocycles. The minimum absolute atomic E-state index is 0.0485. The first-order valence-corrected chi connectivity index (χ1v) is 7.21. The van der Waals surface area contributed by atoms with Crippen LogP contribution < -0.4 is 11.1 Å². The Morgan fingerprint density at radius 3 is 2.85 bits per heavy atom. The van der Waals surface area contributed by atoms with Gasteiger partial charge >= 0.3 is 5.97 Å². The van der Waals surface area contributed by atoms with E-state index in [1.165, 1.54) is 16.7 Å². The molecule has 3 heterocycles. The number of nitrogens with two attached hydrogens (primary N) is 1. The van der Waals surface area contributed by atoms with Crippen LogP contribution in [0.3, 0.4) is 0 Å². The highest BCUT2D eigenvalue weighted by atomic mass is 32.2. The number of nitrogens with one attached hydrogen (secondary N) is 1. The first-order chi connectivity index (χ1) is 9.50. The average Bonchev–Trinajstić information content (AvgIpc) is 2.82. The smallest absolute Gasteiger partial charge is 0.352 e. The summed E-state index contributed by atoms with van der Waals surface area (Å²) in [5, 5.41) is 11.7. The molecule has 0 bridgehead atoms. The minimum atomic E-state index is -1.17. The second-order valence-corrected chi connectivity index (χ2v) is 5.90.